The van der Waals surface area contributed by atoms with E-state index in [1.165, 1.54) is 24.1 Å². The predicted octanol–water partition coefficient (Wildman–Crippen LogP) is 3.07. The van der Waals surface area contributed by atoms with Gasteiger partial charge in [-0.3, -0.25) is 0 Å². The molecule has 0 unspecified atom stereocenters. The van der Waals surface area contributed by atoms with Crippen LogP contribution in [-0.4, -0.2) is 14.5 Å². The van der Waals surface area contributed by atoms with Crippen molar-refractivity contribution in [1.82, 2.24) is 14.5 Å². The van der Waals surface area contributed by atoms with Gasteiger partial charge in [-0.15, -0.1) is 0 Å². The third kappa shape index (κ3) is 1.96. The molecule has 0 saturated carbocycles. The third-order valence-corrected chi connectivity index (χ3v) is 4.03. The quantitative estimate of drug-likeness (QED) is 0.902. The van der Waals surface area contributed by atoms with E-state index in [0.29, 0.717) is 11.7 Å². The molecule has 98 valence electrons. The summed E-state index contributed by atoms with van der Waals surface area (Å²) in [5.74, 6) is 1.28. The Kier molecular flexibility index (Phi) is 3.55. The van der Waals surface area contributed by atoms with Crippen LogP contribution < -0.4 is 5.73 Å². The zero-order chi connectivity index (χ0) is 13.3. The number of hydrogen-bond donors (Lipinski definition) is 1. The lowest BCUT2D eigenvalue weighted by molar-refractivity contribution is 0.420. The van der Waals surface area contributed by atoms with Crippen LogP contribution in [0.3, 0.4) is 0 Å². The molecular weight excluding hydrogens is 224 g/mol. The molecule has 2 heterocycles. The van der Waals surface area contributed by atoms with Gasteiger partial charge in [0, 0.05) is 12.2 Å². The van der Waals surface area contributed by atoms with Crippen molar-refractivity contribution >= 4 is 16.9 Å². The molecule has 0 fully saturated rings. The highest BCUT2D eigenvalue weighted by Gasteiger charge is 2.16. The number of nitrogen functional groups attached to an aromatic ring is 1. The van der Waals surface area contributed by atoms with Crippen LogP contribution in [0, 0.1) is 19.8 Å². The van der Waals surface area contributed by atoms with Crippen LogP contribution in [0.2, 0.25) is 0 Å². The van der Waals surface area contributed by atoms with E-state index in [4.69, 9.17) is 5.73 Å². The molecule has 0 aliphatic rings. The molecule has 2 aromatic heterocycles. The molecule has 18 heavy (non-hydrogen) atoms. The molecule has 4 heteroatoms. The lowest BCUT2D eigenvalue weighted by Crippen LogP contribution is -2.11. The summed E-state index contributed by atoms with van der Waals surface area (Å²) in [6.07, 6.45) is 3.93. The normalized spacial score (nSPS) is 11.6. The number of nitrogens with two attached hydrogens (primary N) is 1. The summed E-state index contributed by atoms with van der Waals surface area (Å²) < 4.78 is 2.29. The highest BCUT2D eigenvalue weighted by atomic mass is 15.1. The van der Waals surface area contributed by atoms with Crippen LogP contribution in [0.15, 0.2) is 6.33 Å². The molecule has 2 aromatic rings. The third-order valence-electron chi connectivity index (χ3n) is 4.03. The van der Waals surface area contributed by atoms with Gasteiger partial charge in [0.15, 0.2) is 0 Å². The molecule has 0 aliphatic heterocycles. The van der Waals surface area contributed by atoms with Gasteiger partial charge in [-0.25, -0.2) is 9.97 Å². The first kappa shape index (κ1) is 12.9. The van der Waals surface area contributed by atoms with Crippen LogP contribution >= 0.6 is 0 Å². The van der Waals surface area contributed by atoms with E-state index in [9.17, 15) is 0 Å². The van der Waals surface area contributed by atoms with Crippen LogP contribution in [0.5, 0.6) is 0 Å². The molecule has 2 N–H and O–H groups in total. The minimum absolute atomic E-state index is 0.587. The SMILES string of the molecule is CCC(CC)Cn1c(C)c(C)c2c(N)ncnc21. The van der Waals surface area contributed by atoms with Crippen molar-refractivity contribution in [2.24, 2.45) is 5.92 Å². The van der Waals surface area contributed by atoms with Crippen molar-refractivity contribution in [3.8, 4) is 0 Å². The monoisotopic (exact) mass is 246 g/mol. The molecule has 0 amide bonds. The van der Waals surface area contributed by atoms with E-state index in [1.54, 1.807) is 6.33 Å². The fourth-order valence-corrected chi connectivity index (χ4v) is 2.52. The molecular formula is C14H22N4. The molecule has 2 rings (SSSR count). The van der Waals surface area contributed by atoms with Crippen molar-refractivity contribution in [2.75, 3.05) is 5.73 Å². The van der Waals surface area contributed by atoms with Gasteiger partial charge in [-0.2, -0.15) is 0 Å². The Morgan fingerprint density at radius 1 is 1.22 bits per heavy atom. The van der Waals surface area contributed by atoms with Crippen molar-refractivity contribution in [3.05, 3.63) is 17.6 Å². The second-order valence-corrected chi connectivity index (χ2v) is 4.96. The molecule has 0 aliphatic carbocycles. The summed E-state index contributed by atoms with van der Waals surface area (Å²) in [6.45, 7) is 9.73. The average molecular weight is 246 g/mol. The van der Waals surface area contributed by atoms with Gasteiger partial charge in [0.05, 0.1) is 5.39 Å². The standard InChI is InChI=1S/C14H22N4/c1-5-11(6-2)7-18-10(4)9(3)12-13(15)16-8-17-14(12)18/h8,11H,5-7H2,1-4H3,(H2,15,16,17). The van der Waals surface area contributed by atoms with Crippen LogP contribution in [0.4, 0.5) is 5.82 Å². The Morgan fingerprint density at radius 3 is 2.50 bits per heavy atom. The van der Waals surface area contributed by atoms with Crippen LogP contribution in [-0.2, 0) is 6.54 Å². The Bertz CT molecular complexity index is 552. The summed E-state index contributed by atoms with van der Waals surface area (Å²) in [7, 11) is 0. The van der Waals surface area contributed by atoms with Gasteiger partial charge >= 0.3 is 0 Å². The summed E-state index contributed by atoms with van der Waals surface area (Å²) in [6, 6.07) is 0. The van der Waals surface area contributed by atoms with E-state index in [-0.39, 0.29) is 0 Å². The van der Waals surface area contributed by atoms with E-state index in [1.807, 2.05) is 0 Å². The van der Waals surface area contributed by atoms with Gasteiger partial charge in [-0.05, 0) is 25.3 Å². The smallest absolute Gasteiger partial charge is 0.145 e. The van der Waals surface area contributed by atoms with Crippen molar-refractivity contribution in [3.63, 3.8) is 0 Å². The number of nitrogens with zero attached hydrogens (tertiary/aromatic N) is 3. The van der Waals surface area contributed by atoms with Crippen LogP contribution in [0.1, 0.15) is 37.9 Å². The lowest BCUT2D eigenvalue weighted by Gasteiger charge is -2.15. The van der Waals surface area contributed by atoms with Gasteiger partial charge in [0.2, 0.25) is 0 Å². The number of fused-ring (bicyclic) bond motifs is 1. The Balaban J connectivity index is 2.57. The predicted molar refractivity (Wildman–Crippen MR) is 75.5 cm³/mol. The maximum atomic E-state index is 5.97. The topological polar surface area (TPSA) is 56.7 Å². The first-order chi connectivity index (χ1) is 8.60. The minimum atomic E-state index is 0.587. The number of aromatic nitrogens is 3. The van der Waals surface area contributed by atoms with Gasteiger partial charge < -0.3 is 10.3 Å². The number of aryl methyl sites for hydroxylation is 1. The summed E-state index contributed by atoms with van der Waals surface area (Å²) in [5.41, 5.74) is 9.40. The molecule has 0 saturated heterocycles. The van der Waals surface area contributed by atoms with Crippen molar-refractivity contribution in [1.29, 1.82) is 0 Å². The zero-order valence-corrected chi connectivity index (χ0v) is 11.7. The highest BCUT2D eigenvalue weighted by molar-refractivity contribution is 5.90. The van der Waals surface area contributed by atoms with Crippen LogP contribution in [0.25, 0.3) is 11.0 Å². The first-order valence-electron chi connectivity index (χ1n) is 6.65. The summed E-state index contributed by atoms with van der Waals surface area (Å²) in [5, 5.41) is 1.01. The van der Waals surface area contributed by atoms with E-state index in [2.05, 4.69) is 42.2 Å². The Labute approximate surface area is 108 Å². The average Bonchev–Trinajstić information content (AvgIpc) is 2.61. The van der Waals surface area contributed by atoms with E-state index < -0.39 is 0 Å². The molecule has 0 spiro atoms. The Hall–Kier alpha value is -1.58. The number of hydrogen-bond acceptors (Lipinski definition) is 3. The largest absolute Gasteiger partial charge is 0.383 e. The number of rotatable bonds is 4. The van der Waals surface area contributed by atoms with Gasteiger partial charge in [-0.1, -0.05) is 26.7 Å². The molecule has 4 nitrogen and oxygen atoms in total. The summed E-state index contributed by atoms with van der Waals surface area (Å²) >= 11 is 0. The lowest BCUT2D eigenvalue weighted by atomic mass is 10.0. The highest BCUT2D eigenvalue weighted by Crippen LogP contribution is 2.28. The maximum Gasteiger partial charge on any atom is 0.145 e. The zero-order valence-electron chi connectivity index (χ0n) is 11.7. The molecule has 0 atom stereocenters. The fraction of sp³-hybridized carbons (Fsp3) is 0.571. The molecule has 0 bridgehead atoms. The number of anilines is 1. The van der Waals surface area contributed by atoms with E-state index >= 15 is 0 Å². The second kappa shape index (κ2) is 4.96. The van der Waals surface area contributed by atoms with Crippen molar-refractivity contribution < 1.29 is 0 Å². The fourth-order valence-electron chi connectivity index (χ4n) is 2.52. The molecule has 0 radical (unpaired) electrons. The minimum Gasteiger partial charge on any atom is -0.383 e. The van der Waals surface area contributed by atoms with Gasteiger partial charge in [0.1, 0.15) is 17.8 Å². The second-order valence-electron chi connectivity index (χ2n) is 4.96. The van der Waals surface area contributed by atoms with E-state index in [0.717, 1.165) is 17.6 Å². The molecule has 0 aromatic carbocycles. The first-order valence-corrected chi connectivity index (χ1v) is 6.65. The summed E-state index contributed by atoms with van der Waals surface area (Å²) in [4.78, 5) is 8.51. The van der Waals surface area contributed by atoms with Gasteiger partial charge in [0.25, 0.3) is 0 Å². The Morgan fingerprint density at radius 2 is 1.89 bits per heavy atom. The van der Waals surface area contributed by atoms with Crippen molar-refractivity contribution in [2.45, 2.75) is 47.1 Å². The maximum absolute atomic E-state index is 5.97.